The summed E-state index contributed by atoms with van der Waals surface area (Å²) in [5.74, 6) is -6.32. The lowest BCUT2D eigenvalue weighted by Crippen LogP contribution is -2.68. The van der Waals surface area contributed by atoms with Crippen molar-refractivity contribution in [3.63, 3.8) is 0 Å². The third kappa shape index (κ3) is 6.47. The molecule has 2 heterocycles. The van der Waals surface area contributed by atoms with Crippen LogP contribution in [0.1, 0.15) is 84.9 Å². The molecule has 18 nitrogen and oxygen atoms in total. The topological polar surface area (TPSA) is 271 Å². The minimum atomic E-state index is -1.80. The van der Waals surface area contributed by atoms with E-state index >= 15 is 0 Å². The maximum Gasteiger partial charge on any atom is 0.325 e. The van der Waals surface area contributed by atoms with E-state index < -0.39 is 113 Å². The van der Waals surface area contributed by atoms with Gasteiger partial charge < -0.3 is 64.7 Å². The van der Waals surface area contributed by atoms with Gasteiger partial charge in [-0.25, -0.2) is 0 Å². The fourth-order valence-corrected chi connectivity index (χ4v) is 8.29. The van der Waals surface area contributed by atoms with E-state index in [0.29, 0.717) is 6.54 Å². The monoisotopic (exact) mass is 794 g/mol. The first-order valence-corrected chi connectivity index (χ1v) is 18.1. The van der Waals surface area contributed by atoms with E-state index in [1.807, 2.05) is 4.90 Å². The van der Waals surface area contributed by atoms with Gasteiger partial charge in [-0.3, -0.25) is 24.1 Å². The predicted octanol–water partition coefficient (Wildman–Crippen LogP) is 1.01. The molecule has 1 amide bonds. The summed E-state index contributed by atoms with van der Waals surface area (Å²) >= 11 is 0. The molecule has 57 heavy (non-hydrogen) atoms. The zero-order chi connectivity index (χ0) is 41.4. The average molecular weight is 795 g/mol. The predicted molar refractivity (Wildman–Crippen MR) is 193 cm³/mol. The minimum absolute atomic E-state index is 0.0233. The molecule has 0 bridgehead atoms. The molecule has 0 radical (unpaired) electrons. The SMILES string of the molecule is COc1cc(O)c2c(c1)C(=O)c1c(cc3c(c1O)-c1c(cc(C)c(C(=O)N[C@H](C)C(=O)O)c1O)[C@H](O[C@@H]1O[C@H](C)[C@H]4[C@H](O[C@H](OCCO)CN4C)[C@H]1O)[C@H]3O)C2=O. The molecule has 0 aromatic heterocycles. The molecule has 2 saturated heterocycles. The van der Waals surface area contributed by atoms with E-state index in [1.165, 1.54) is 33.1 Å². The number of carbonyl (C=O) groups is 4. The molecule has 9 atom stereocenters. The van der Waals surface area contributed by atoms with Crippen LogP contribution in [0.3, 0.4) is 0 Å². The molecule has 4 aliphatic rings. The zero-order valence-corrected chi connectivity index (χ0v) is 31.4. The van der Waals surface area contributed by atoms with Gasteiger partial charge in [-0.1, -0.05) is 6.07 Å². The van der Waals surface area contributed by atoms with Crippen LogP contribution in [0.5, 0.6) is 23.0 Å². The number of likely N-dealkylation sites (N-methyl/N-ethyl adjacent to an activating group) is 1. The molecule has 2 fully saturated rings. The van der Waals surface area contributed by atoms with Gasteiger partial charge in [-0.2, -0.15) is 0 Å². The maximum absolute atomic E-state index is 14.1. The van der Waals surface area contributed by atoms with Crippen LogP contribution < -0.4 is 10.1 Å². The lowest BCUT2D eigenvalue weighted by molar-refractivity contribution is -0.344. The van der Waals surface area contributed by atoms with Crippen molar-refractivity contribution in [1.29, 1.82) is 0 Å². The third-order valence-electron chi connectivity index (χ3n) is 10.9. The number of aromatic hydroxyl groups is 3. The smallest absolute Gasteiger partial charge is 0.325 e. The second-order valence-corrected chi connectivity index (χ2v) is 14.5. The van der Waals surface area contributed by atoms with Crippen LogP contribution in [-0.2, 0) is 23.7 Å². The largest absolute Gasteiger partial charge is 0.507 e. The quantitative estimate of drug-likeness (QED) is 0.117. The Labute approximate surface area is 324 Å². The van der Waals surface area contributed by atoms with E-state index in [2.05, 4.69) is 5.32 Å². The molecule has 18 heteroatoms. The number of nitrogens with one attached hydrogen (secondary N) is 1. The van der Waals surface area contributed by atoms with Crippen molar-refractivity contribution in [1.82, 2.24) is 10.2 Å². The Morgan fingerprint density at radius 1 is 0.965 bits per heavy atom. The second-order valence-electron chi connectivity index (χ2n) is 14.5. The minimum Gasteiger partial charge on any atom is -0.507 e. The number of nitrogens with zero attached hydrogens (tertiary/aromatic N) is 1. The number of ether oxygens (including phenoxy) is 5. The number of hydrogen-bond donors (Lipinski definition) is 8. The van der Waals surface area contributed by atoms with Crippen LogP contribution in [0.4, 0.5) is 0 Å². The lowest BCUT2D eigenvalue weighted by Gasteiger charge is -2.52. The standard InChI is InChI=1S/C39H42N2O16/c1-13-8-20-26(32(47)23(13)37(50)40-14(2)38(51)52)25-18(11-19-27(33(25)48)30(45)17-9-16(53-5)10-21(43)24(17)29(19)44)31(46)35(20)57-39-34(49)36-28(15(3)55-39)41(4)12-22(56-36)54-7-6-42/h8-11,14-15,22,28,31,34-36,39,42-43,46-49H,6-7,12H2,1-5H3,(H,40,50)(H,51,52)/t14-,15-,22+,28+,31+,34-,35+,36+,39+/m1/s1. The molecule has 2 aliphatic heterocycles. The van der Waals surface area contributed by atoms with Gasteiger partial charge in [0.15, 0.2) is 24.1 Å². The summed E-state index contributed by atoms with van der Waals surface area (Å²) in [6.45, 7) is 4.38. The number of hydrogen-bond acceptors (Lipinski definition) is 16. The number of ketones is 2. The van der Waals surface area contributed by atoms with Gasteiger partial charge in [0.25, 0.3) is 5.91 Å². The summed E-state index contributed by atoms with van der Waals surface area (Å²) in [7, 11) is 3.07. The van der Waals surface area contributed by atoms with Crippen molar-refractivity contribution in [2.24, 2.45) is 0 Å². The number of benzene rings is 3. The van der Waals surface area contributed by atoms with Crippen LogP contribution in [0.25, 0.3) is 11.1 Å². The molecule has 3 aromatic rings. The van der Waals surface area contributed by atoms with Gasteiger partial charge in [0, 0.05) is 34.9 Å². The first kappa shape index (κ1) is 40.0. The third-order valence-corrected chi connectivity index (χ3v) is 10.9. The van der Waals surface area contributed by atoms with Crippen LogP contribution in [0, 0.1) is 6.92 Å². The number of aliphatic carboxylic acids is 1. The van der Waals surface area contributed by atoms with E-state index in [4.69, 9.17) is 23.7 Å². The molecule has 7 rings (SSSR count). The van der Waals surface area contributed by atoms with Crippen LogP contribution in [0.15, 0.2) is 24.3 Å². The number of phenols is 3. The number of aryl methyl sites for hydroxylation is 1. The number of fused-ring (bicyclic) bond motifs is 6. The molecule has 304 valence electrons. The van der Waals surface area contributed by atoms with Crippen LogP contribution >= 0.6 is 0 Å². The lowest BCUT2D eigenvalue weighted by atomic mass is 9.74. The fourth-order valence-electron chi connectivity index (χ4n) is 8.29. The molecule has 0 spiro atoms. The summed E-state index contributed by atoms with van der Waals surface area (Å²) in [5.41, 5.74) is -2.83. The number of amides is 1. The normalized spacial score (nSPS) is 27.0. The summed E-state index contributed by atoms with van der Waals surface area (Å²) in [5, 5.41) is 79.6. The van der Waals surface area contributed by atoms with Crippen molar-refractivity contribution in [3.05, 3.63) is 68.8 Å². The Morgan fingerprint density at radius 2 is 1.63 bits per heavy atom. The van der Waals surface area contributed by atoms with Gasteiger partial charge >= 0.3 is 5.97 Å². The van der Waals surface area contributed by atoms with E-state index in [1.54, 1.807) is 14.0 Å². The Balaban J connectivity index is 1.38. The van der Waals surface area contributed by atoms with Crippen molar-refractivity contribution >= 4 is 23.4 Å². The first-order valence-electron chi connectivity index (χ1n) is 18.1. The second kappa shape index (κ2) is 15.0. The number of aliphatic hydroxyl groups is 3. The number of phenolic OH excluding ortho intramolecular Hbond substituents is 3. The summed E-state index contributed by atoms with van der Waals surface area (Å²) in [6, 6.07) is 2.96. The van der Waals surface area contributed by atoms with Crippen molar-refractivity contribution in [2.75, 3.05) is 33.9 Å². The Kier molecular flexibility index (Phi) is 10.5. The van der Waals surface area contributed by atoms with Crippen molar-refractivity contribution < 1.29 is 78.6 Å². The van der Waals surface area contributed by atoms with E-state index in [9.17, 15) is 54.9 Å². The Bertz CT molecular complexity index is 2190. The first-order chi connectivity index (χ1) is 27.0. The fraction of sp³-hybridized carbons (Fsp3) is 0.436. The molecule has 8 N–H and O–H groups in total. The maximum atomic E-state index is 14.1. The highest BCUT2D eigenvalue weighted by Gasteiger charge is 2.52. The van der Waals surface area contributed by atoms with Gasteiger partial charge in [0.1, 0.15) is 53.5 Å². The van der Waals surface area contributed by atoms with Crippen molar-refractivity contribution in [2.45, 2.75) is 76.0 Å². The van der Waals surface area contributed by atoms with Crippen molar-refractivity contribution in [3.8, 4) is 34.1 Å². The highest BCUT2D eigenvalue weighted by Crippen LogP contribution is 2.57. The summed E-state index contributed by atoms with van der Waals surface area (Å²) in [4.78, 5) is 55.1. The van der Waals surface area contributed by atoms with Gasteiger partial charge in [0.2, 0.25) is 0 Å². The summed E-state index contributed by atoms with van der Waals surface area (Å²) in [6.07, 6.45) is -8.82. The number of carboxylic acids is 1. The molecule has 0 unspecified atom stereocenters. The molecule has 2 aliphatic carbocycles. The number of morpholine rings is 1. The summed E-state index contributed by atoms with van der Waals surface area (Å²) < 4.78 is 29.4. The Morgan fingerprint density at radius 3 is 2.30 bits per heavy atom. The number of carboxylic acid groups (broad SMARTS) is 1. The molecule has 0 saturated carbocycles. The van der Waals surface area contributed by atoms with Crippen LogP contribution in [0.2, 0.25) is 0 Å². The van der Waals surface area contributed by atoms with Gasteiger partial charge in [0.05, 0.1) is 49.2 Å². The highest BCUT2D eigenvalue weighted by atomic mass is 16.7. The van der Waals surface area contributed by atoms with E-state index in [-0.39, 0.29) is 57.9 Å². The molecular formula is C39H42N2O16. The number of carbonyl (C=O) groups excluding carboxylic acids is 3. The number of rotatable bonds is 9. The average Bonchev–Trinajstić information content (AvgIpc) is 3.15. The van der Waals surface area contributed by atoms with E-state index in [0.717, 1.165) is 12.1 Å². The van der Waals surface area contributed by atoms with Gasteiger partial charge in [-0.15, -0.1) is 0 Å². The molecule has 3 aromatic carbocycles. The molecular weight excluding hydrogens is 752 g/mol. The number of aliphatic hydroxyl groups excluding tert-OH is 3. The Hall–Kier alpha value is -5.18. The van der Waals surface area contributed by atoms with Gasteiger partial charge in [-0.05, 0) is 56.6 Å². The zero-order valence-electron chi connectivity index (χ0n) is 31.4. The highest BCUT2D eigenvalue weighted by molar-refractivity contribution is 6.31. The van der Waals surface area contributed by atoms with Crippen LogP contribution in [-0.4, -0.2) is 141 Å². The number of methoxy groups -OCH3 is 1.